The first-order chi connectivity index (χ1) is 11.2. The Morgan fingerprint density at radius 2 is 1.87 bits per heavy atom. The van der Waals surface area contributed by atoms with E-state index in [1.807, 2.05) is 54.6 Å². The normalized spacial score (nSPS) is 16.9. The van der Waals surface area contributed by atoms with Gasteiger partial charge in [0, 0.05) is 11.4 Å². The highest BCUT2D eigenvalue weighted by molar-refractivity contribution is 8.01. The zero-order valence-corrected chi connectivity index (χ0v) is 13.4. The Bertz CT molecular complexity index is 703. The molecule has 0 fully saturated rings. The van der Waals surface area contributed by atoms with Crippen molar-refractivity contribution in [2.24, 2.45) is 0 Å². The molecule has 2 amide bonds. The second kappa shape index (κ2) is 7.33. The van der Waals surface area contributed by atoms with Gasteiger partial charge in [-0.05, 0) is 36.6 Å². The number of amides is 2. The molecule has 2 N–H and O–H groups in total. The number of hydrogen-bond acceptors (Lipinski definition) is 3. The van der Waals surface area contributed by atoms with Gasteiger partial charge in [0.1, 0.15) is 0 Å². The SMILES string of the molecule is O=C(CS[C@H]1CCc2ccccc2NC1=O)Nc1ccccc1. The van der Waals surface area contributed by atoms with E-state index >= 15 is 0 Å². The third kappa shape index (κ3) is 4.13. The van der Waals surface area contributed by atoms with Gasteiger partial charge in [0.25, 0.3) is 0 Å². The molecule has 1 aliphatic heterocycles. The fourth-order valence-corrected chi connectivity index (χ4v) is 3.46. The molecule has 3 rings (SSSR count). The molecule has 23 heavy (non-hydrogen) atoms. The lowest BCUT2D eigenvalue weighted by molar-refractivity contribution is -0.115. The van der Waals surface area contributed by atoms with Gasteiger partial charge in [-0.3, -0.25) is 9.59 Å². The molecular weight excluding hydrogens is 308 g/mol. The van der Waals surface area contributed by atoms with Gasteiger partial charge in [-0.1, -0.05) is 36.4 Å². The highest BCUT2D eigenvalue weighted by Gasteiger charge is 2.24. The van der Waals surface area contributed by atoms with Crippen molar-refractivity contribution in [2.75, 3.05) is 16.4 Å². The Hall–Kier alpha value is -2.27. The van der Waals surface area contributed by atoms with E-state index in [0.717, 1.165) is 29.8 Å². The van der Waals surface area contributed by atoms with Crippen LogP contribution in [0, 0.1) is 0 Å². The predicted molar refractivity (Wildman–Crippen MR) is 94.7 cm³/mol. The van der Waals surface area contributed by atoms with Crippen LogP contribution in [0.3, 0.4) is 0 Å². The van der Waals surface area contributed by atoms with E-state index < -0.39 is 0 Å². The quantitative estimate of drug-likeness (QED) is 0.906. The van der Waals surface area contributed by atoms with E-state index in [1.54, 1.807) is 0 Å². The van der Waals surface area contributed by atoms with Crippen molar-refractivity contribution in [3.05, 3.63) is 60.2 Å². The summed E-state index contributed by atoms with van der Waals surface area (Å²) in [7, 11) is 0. The first-order valence-electron chi connectivity index (χ1n) is 7.57. The van der Waals surface area contributed by atoms with Crippen molar-refractivity contribution < 1.29 is 9.59 Å². The third-order valence-corrected chi connectivity index (χ3v) is 5.00. The number of benzene rings is 2. The predicted octanol–water partition coefficient (Wildman–Crippen LogP) is 3.31. The van der Waals surface area contributed by atoms with Gasteiger partial charge in [0.15, 0.2) is 0 Å². The summed E-state index contributed by atoms with van der Waals surface area (Å²) in [6, 6.07) is 17.2. The Kier molecular flexibility index (Phi) is 4.98. The van der Waals surface area contributed by atoms with Crippen molar-refractivity contribution in [2.45, 2.75) is 18.1 Å². The lowest BCUT2D eigenvalue weighted by Crippen LogP contribution is -2.26. The zero-order valence-electron chi connectivity index (χ0n) is 12.6. The Morgan fingerprint density at radius 1 is 1.13 bits per heavy atom. The van der Waals surface area contributed by atoms with Crippen molar-refractivity contribution in [1.82, 2.24) is 0 Å². The minimum Gasteiger partial charge on any atom is -0.325 e. The standard InChI is InChI=1S/C18H18N2O2S/c21-17(19-14-7-2-1-3-8-14)12-23-16-11-10-13-6-4-5-9-15(13)20-18(16)22/h1-9,16H,10-12H2,(H,19,21)(H,20,22)/t16-/m0/s1. The third-order valence-electron chi connectivity index (χ3n) is 3.72. The lowest BCUT2D eigenvalue weighted by atomic mass is 10.1. The number of carbonyl (C=O) groups is 2. The number of carbonyl (C=O) groups excluding carboxylic acids is 2. The topological polar surface area (TPSA) is 58.2 Å². The molecule has 1 atom stereocenters. The van der Waals surface area contributed by atoms with Crippen molar-refractivity contribution in [3.8, 4) is 0 Å². The highest BCUT2D eigenvalue weighted by atomic mass is 32.2. The molecule has 1 aliphatic rings. The summed E-state index contributed by atoms with van der Waals surface area (Å²) >= 11 is 1.39. The molecule has 0 unspecified atom stereocenters. The van der Waals surface area contributed by atoms with Gasteiger partial charge >= 0.3 is 0 Å². The first-order valence-corrected chi connectivity index (χ1v) is 8.62. The maximum atomic E-state index is 12.3. The fourth-order valence-electron chi connectivity index (χ4n) is 2.55. The molecule has 5 heteroatoms. The molecule has 0 aliphatic carbocycles. The van der Waals surface area contributed by atoms with Crippen LogP contribution in [0.5, 0.6) is 0 Å². The number of thioether (sulfide) groups is 1. The van der Waals surface area contributed by atoms with E-state index in [2.05, 4.69) is 10.6 Å². The number of hydrogen-bond donors (Lipinski definition) is 2. The number of rotatable bonds is 4. The van der Waals surface area contributed by atoms with E-state index in [0.29, 0.717) is 0 Å². The second-order valence-corrected chi connectivity index (χ2v) is 6.59. The van der Waals surface area contributed by atoms with Gasteiger partial charge in [-0.25, -0.2) is 0 Å². The van der Waals surface area contributed by atoms with Crippen molar-refractivity contribution >= 4 is 35.0 Å². The summed E-state index contributed by atoms with van der Waals surface area (Å²) in [5.41, 5.74) is 2.81. The van der Waals surface area contributed by atoms with Crippen LogP contribution in [0.4, 0.5) is 11.4 Å². The number of fused-ring (bicyclic) bond motifs is 1. The van der Waals surface area contributed by atoms with Gasteiger partial charge in [-0.2, -0.15) is 0 Å². The summed E-state index contributed by atoms with van der Waals surface area (Å²) in [5.74, 6) is 0.159. The average Bonchev–Trinajstić information content (AvgIpc) is 2.72. The molecule has 0 aromatic heterocycles. The van der Waals surface area contributed by atoms with Gasteiger partial charge in [0.05, 0.1) is 11.0 Å². The first kappa shape index (κ1) is 15.6. The molecule has 1 heterocycles. The summed E-state index contributed by atoms with van der Waals surface area (Å²) in [6.45, 7) is 0. The fraction of sp³-hybridized carbons (Fsp3) is 0.222. The van der Waals surface area contributed by atoms with Gasteiger partial charge < -0.3 is 10.6 Å². The monoisotopic (exact) mass is 326 g/mol. The van der Waals surface area contributed by atoms with Crippen LogP contribution in [-0.2, 0) is 16.0 Å². The van der Waals surface area contributed by atoms with E-state index in [4.69, 9.17) is 0 Å². The molecule has 0 bridgehead atoms. The van der Waals surface area contributed by atoms with Crippen LogP contribution in [-0.4, -0.2) is 22.8 Å². The maximum absolute atomic E-state index is 12.3. The van der Waals surface area contributed by atoms with Crippen LogP contribution < -0.4 is 10.6 Å². The minimum atomic E-state index is -0.205. The molecule has 0 radical (unpaired) electrons. The minimum absolute atomic E-state index is 0.0209. The van der Waals surface area contributed by atoms with Crippen LogP contribution in [0.25, 0.3) is 0 Å². The summed E-state index contributed by atoms with van der Waals surface area (Å²) < 4.78 is 0. The molecule has 0 saturated carbocycles. The molecule has 2 aromatic carbocycles. The molecule has 4 nitrogen and oxygen atoms in total. The highest BCUT2D eigenvalue weighted by Crippen LogP contribution is 2.27. The molecule has 0 spiro atoms. The van der Waals surface area contributed by atoms with Crippen LogP contribution in [0.15, 0.2) is 54.6 Å². The smallest absolute Gasteiger partial charge is 0.237 e. The van der Waals surface area contributed by atoms with Crippen LogP contribution in [0.1, 0.15) is 12.0 Å². The molecule has 2 aromatic rings. The van der Waals surface area contributed by atoms with E-state index in [1.165, 1.54) is 11.8 Å². The number of anilines is 2. The zero-order chi connectivity index (χ0) is 16.1. The molecular formula is C18H18N2O2S. The second-order valence-electron chi connectivity index (χ2n) is 5.40. The molecule has 0 saturated heterocycles. The Balaban J connectivity index is 1.54. The lowest BCUT2D eigenvalue weighted by Gasteiger charge is -2.12. The number of nitrogens with one attached hydrogen (secondary N) is 2. The van der Waals surface area contributed by atoms with Gasteiger partial charge in [0.2, 0.25) is 11.8 Å². The Morgan fingerprint density at radius 3 is 2.70 bits per heavy atom. The average molecular weight is 326 g/mol. The molecule has 118 valence electrons. The largest absolute Gasteiger partial charge is 0.325 e. The van der Waals surface area contributed by atoms with E-state index in [9.17, 15) is 9.59 Å². The number of para-hydroxylation sites is 2. The number of aryl methyl sites for hydroxylation is 1. The van der Waals surface area contributed by atoms with Crippen molar-refractivity contribution in [3.63, 3.8) is 0 Å². The summed E-state index contributed by atoms with van der Waals surface area (Å²) in [4.78, 5) is 24.3. The van der Waals surface area contributed by atoms with E-state index in [-0.39, 0.29) is 22.8 Å². The van der Waals surface area contributed by atoms with Gasteiger partial charge in [-0.15, -0.1) is 11.8 Å². The summed E-state index contributed by atoms with van der Waals surface area (Å²) in [6.07, 6.45) is 1.58. The van der Waals surface area contributed by atoms with Crippen molar-refractivity contribution in [1.29, 1.82) is 0 Å². The maximum Gasteiger partial charge on any atom is 0.237 e. The Labute approximate surface area is 139 Å². The summed E-state index contributed by atoms with van der Waals surface area (Å²) in [5, 5.41) is 5.59. The van der Waals surface area contributed by atoms with Crippen LogP contribution in [0.2, 0.25) is 0 Å². The van der Waals surface area contributed by atoms with Crippen LogP contribution >= 0.6 is 11.8 Å².